The summed E-state index contributed by atoms with van der Waals surface area (Å²) >= 11 is 0. The number of halogens is 3. The molecule has 1 rings (SSSR count). The first-order valence-corrected chi connectivity index (χ1v) is 5.16. The monoisotopic (exact) mass is 260 g/mol. The number of hydrogen-bond acceptors (Lipinski definition) is 3. The van der Waals surface area contributed by atoms with E-state index in [0.29, 0.717) is 6.29 Å². The van der Waals surface area contributed by atoms with E-state index in [0.717, 1.165) is 19.1 Å². The summed E-state index contributed by atoms with van der Waals surface area (Å²) in [7, 11) is 0. The average Bonchev–Trinajstić information content (AvgIpc) is 2.26. The van der Waals surface area contributed by atoms with E-state index >= 15 is 0 Å². The molecule has 0 unspecified atom stereocenters. The van der Waals surface area contributed by atoms with E-state index in [4.69, 9.17) is 4.74 Å². The van der Waals surface area contributed by atoms with Gasteiger partial charge in [0.25, 0.3) is 0 Å². The van der Waals surface area contributed by atoms with Gasteiger partial charge in [0.2, 0.25) is 0 Å². The Hall–Kier alpha value is -1.85. The Morgan fingerprint density at radius 2 is 2.00 bits per heavy atom. The van der Waals surface area contributed by atoms with Crippen molar-refractivity contribution in [3.63, 3.8) is 0 Å². The minimum Gasteiger partial charge on any atom is -0.492 e. The van der Waals surface area contributed by atoms with Gasteiger partial charge in [-0.1, -0.05) is 6.07 Å². The number of benzene rings is 1. The summed E-state index contributed by atoms with van der Waals surface area (Å²) in [4.78, 5) is 22.2. The van der Waals surface area contributed by atoms with E-state index in [2.05, 4.69) is 0 Å². The summed E-state index contributed by atoms with van der Waals surface area (Å²) in [5.41, 5.74) is -1.50. The first-order valence-electron chi connectivity index (χ1n) is 5.16. The molecule has 0 aliphatic carbocycles. The molecule has 18 heavy (non-hydrogen) atoms. The fraction of sp³-hybridized carbons (Fsp3) is 0.333. The molecule has 0 saturated heterocycles. The molecule has 0 saturated carbocycles. The van der Waals surface area contributed by atoms with Crippen molar-refractivity contribution in [2.45, 2.75) is 20.0 Å². The van der Waals surface area contributed by atoms with Gasteiger partial charge in [0, 0.05) is 5.56 Å². The van der Waals surface area contributed by atoms with E-state index in [9.17, 15) is 22.8 Å². The van der Waals surface area contributed by atoms with E-state index in [-0.39, 0.29) is 17.7 Å². The van der Waals surface area contributed by atoms with Gasteiger partial charge in [-0.05, 0) is 19.9 Å². The van der Waals surface area contributed by atoms with Crippen LogP contribution in [0.2, 0.25) is 0 Å². The first-order chi connectivity index (χ1) is 8.32. The predicted molar refractivity (Wildman–Crippen MR) is 58.0 cm³/mol. The lowest BCUT2D eigenvalue weighted by Crippen LogP contribution is -2.13. The lowest BCUT2D eigenvalue weighted by Gasteiger charge is -2.16. The number of ketones is 1. The fourth-order valence-corrected chi connectivity index (χ4v) is 1.58. The maximum absolute atomic E-state index is 12.8. The van der Waals surface area contributed by atoms with E-state index in [1.807, 2.05) is 0 Å². The molecule has 0 heterocycles. The molecule has 3 nitrogen and oxygen atoms in total. The molecule has 0 amide bonds. The summed E-state index contributed by atoms with van der Waals surface area (Å²) in [6.07, 6.45) is -4.31. The summed E-state index contributed by atoms with van der Waals surface area (Å²) in [5.74, 6) is -1.23. The normalized spacial score (nSPS) is 11.2. The molecule has 0 aromatic heterocycles. The van der Waals surface area contributed by atoms with Gasteiger partial charge in [-0.15, -0.1) is 0 Å². The van der Waals surface area contributed by atoms with E-state index < -0.39 is 23.3 Å². The third kappa shape index (κ3) is 2.69. The van der Waals surface area contributed by atoms with Crippen molar-refractivity contribution < 1.29 is 27.5 Å². The second kappa shape index (κ2) is 5.20. The summed E-state index contributed by atoms with van der Waals surface area (Å²) in [6.45, 7) is 2.55. The van der Waals surface area contributed by atoms with Crippen LogP contribution in [-0.2, 0) is 6.18 Å². The lowest BCUT2D eigenvalue weighted by atomic mass is 9.99. The topological polar surface area (TPSA) is 43.4 Å². The second-order valence-electron chi connectivity index (χ2n) is 3.51. The number of hydrogen-bond donors (Lipinski definition) is 0. The number of carbonyl (C=O) groups excluding carboxylic acids is 2. The number of carbonyl (C=O) groups is 2. The number of rotatable bonds is 4. The van der Waals surface area contributed by atoms with Gasteiger partial charge in [0.05, 0.1) is 17.7 Å². The van der Waals surface area contributed by atoms with Crippen molar-refractivity contribution in [3.05, 3.63) is 28.8 Å². The minimum absolute atomic E-state index is 0.0360. The van der Waals surface area contributed by atoms with Crippen LogP contribution >= 0.6 is 0 Å². The molecule has 0 aliphatic heterocycles. The van der Waals surface area contributed by atoms with Gasteiger partial charge in [-0.25, -0.2) is 0 Å². The average molecular weight is 260 g/mol. The second-order valence-corrected chi connectivity index (χ2v) is 3.51. The fourth-order valence-electron chi connectivity index (χ4n) is 1.58. The van der Waals surface area contributed by atoms with Crippen molar-refractivity contribution in [1.29, 1.82) is 0 Å². The zero-order chi connectivity index (χ0) is 13.9. The van der Waals surface area contributed by atoms with Crippen molar-refractivity contribution in [3.8, 4) is 5.75 Å². The molecule has 0 radical (unpaired) electrons. The maximum atomic E-state index is 12.8. The predicted octanol–water partition coefficient (Wildman–Crippen LogP) is 3.12. The maximum Gasteiger partial charge on any atom is 0.419 e. The van der Waals surface area contributed by atoms with Gasteiger partial charge in [-0.2, -0.15) is 13.2 Å². The van der Waals surface area contributed by atoms with Crippen LogP contribution < -0.4 is 4.74 Å². The molecule has 0 atom stereocenters. The van der Waals surface area contributed by atoms with Crippen LogP contribution in [0.3, 0.4) is 0 Å². The van der Waals surface area contributed by atoms with Gasteiger partial charge in [0.15, 0.2) is 12.1 Å². The van der Waals surface area contributed by atoms with Crippen molar-refractivity contribution >= 4 is 12.1 Å². The van der Waals surface area contributed by atoms with Crippen LogP contribution in [0.15, 0.2) is 12.1 Å². The Morgan fingerprint density at radius 1 is 1.39 bits per heavy atom. The Balaban J connectivity index is 3.62. The Labute approximate surface area is 102 Å². The van der Waals surface area contributed by atoms with Crippen molar-refractivity contribution in [2.75, 3.05) is 6.61 Å². The van der Waals surface area contributed by atoms with Crippen molar-refractivity contribution in [1.82, 2.24) is 0 Å². The summed E-state index contributed by atoms with van der Waals surface area (Å²) in [5, 5.41) is 0. The molecule has 0 aliphatic rings. The Morgan fingerprint density at radius 3 is 2.39 bits per heavy atom. The molecule has 0 bridgehead atoms. The number of Topliss-reactive ketones (excluding diaryl/α,β-unsaturated/α-hetero) is 1. The molecule has 1 aromatic rings. The molecule has 6 heteroatoms. The molecule has 0 spiro atoms. The van der Waals surface area contributed by atoms with E-state index in [1.54, 1.807) is 0 Å². The Bertz CT molecular complexity index is 478. The van der Waals surface area contributed by atoms with Crippen LogP contribution in [0, 0.1) is 0 Å². The SMILES string of the molecule is CCOc1c(C(F)(F)F)ccc(C=O)c1C(C)=O. The van der Waals surface area contributed by atoms with Crippen LogP contribution in [0.1, 0.15) is 40.1 Å². The van der Waals surface area contributed by atoms with Crippen LogP contribution in [-0.4, -0.2) is 18.7 Å². The first kappa shape index (κ1) is 14.2. The molecular formula is C12H11F3O3. The molecule has 0 fully saturated rings. The highest BCUT2D eigenvalue weighted by Crippen LogP contribution is 2.39. The summed E-state index contributed by atoms with van der Waals surface area (Å²) in [6, 6.07) is 1.70. The zero-order valence-electron chi connectivity index (χ0n) is 9.80. The third-order valence-electron chi connectivity index (χ3n) is 2.26. The number of alkyl halides is 3. The molecule has 1 aromatic carbocycles. The molecule has 98 valence electrons. The Kier molecular flexibility index (Phi) is 4.11. The van der Waals surface area contributed by atoms with Crippen LogP contribution in [0.4, 0.5) is 13.2 Å². The molecule has 0 N–H and O–H groups in total. The molecular weight excluding hydrogens is 249 g/mol. The lowest BCUT2D eigenvalue weighted by molar-refractivity contribution is -0.138. The summed E-state index contributed by atoms with van der Waals surface area (Å²) < 4.78 is 43.2. The van der Waals surface area contributed by atoms with Crippen molar-refractivity contribution in [2.24, 2.45) is 0 Å². The highest BCUT2D eigenvalue weighted by molar-refractivity contribution is 6.04. The zero-order valence-corrected chi connectivity index (χ0v) is 9.80. The highest BCUT2D eigenvalue weighted by Gasteiger charge is 2.36. The van der Waals surface area contributed by atoms with Gasteiger partial charge >= 0.3 is 6.18 Å². The van der Waals surface area contributed by atoms with Gasteiger partial charge in [-0.3, -0.25) is 9.59 Å². The number of ether oxygens (including phenoxy) is 1. The minimum atomic E-state index is -4.64. The number of aldehydes is 1. The standard InChI is InChI=1S/C12H11F3O3/c1-3-18-11-9(12(13,14)15)5-4-8(6-16)10(11)7(2)17/h4-6H,3H2,1-2H3. The van der Waals surface area contributed by atoms with Gasteiger partial charge in [0.1, 0.15) is 5.75 Å². The van der Waals surface area contributed by atoms with Crippen LogP contribution in [0.5, 0.6) is 5.75 Å². The third-order valence-corrected chi connectivity index (χ3v) is 2.26. The van der Waals surface area contributed by atoms with Crippen LogP contribution in [0.25, 0.3) is 0 Å². The van der Waals surface area contributed by atoms with Gasteiger partial charge < -0.3 is 4.74 Å². The largest absolute Gasteiger partial charge is 0.492 e. The highest BCUT2D eigenvalue weighted by atomic mass is 19.4. The quantitative estimate of drug-likeness (QED) is 0.617. The van der Waals surface area contributed by atoms with E-state index in [1.165, 1.54) is 6.92 Å². The smallest absolute Gasteiger partial charge is 0.419 e.